The molecule has 154 valence electrons. The Hall–Kier alpha value is -0.830. The molecule has 0 N–H and O–H groups in total. The lowest BCUT2D eigenvalue weighted by Gasteiger charge is -2.44. The highest BCUT2D eigenvalue weighted by atomic mass is 35.5. The standard InChI is InChI=1S/C25H37ClN2/c1-24(2,3)28-16-14-27(15-17-28)19-21-18-25(11-4-5-12-25)13-10-23(21)20-6-8-22(26)9-7-20/h6-9H,4-5,10-19H2,1-3H3. The number of rotatable bonds is 3. The minimum atomic E-state index is 0.290. The van der Waals surface area contributed by atoms with Crippen LogP contribution in [0.5, 0.6) is 0 Å². The quantitative estimate of drug-likeness (QED) is 0.591. The highest BCUT2D eigenvalue weighted by molar-refractivity contribution is 6.30. The van der Waals surface area contributed by atoms with Crippen LogP contribution in [0.1, 0.15) is 71.3 Å². The third-order valence-corrected chi connectivity index (χ3v) is 7.76. The lowest BCUT2D eigenvalue weighted by molar-refractivity contribution is 0.0651. The summed E-state index contributed by atoms with van der Waals surface area (Å²) in [6.07, 6.45) is 9.72. The average molecular weight is 401 g/mol. The lowest BCUT2D eigenvalue weighted by atomic mass is 9.69. The molecule has 1 saturated heterocycles. The molecular weight excluding hydrogens is 364 g/mol. The molecule has 0 aromatic heterocycles. The molecular formula is C25H37ClN2. The van der Waals surface area contributed by atoms with E-state index in [-0.39, 0.29) is 0 Å². The van der Waals surface area contributed by atoms with Crippen LogP contribution in [-0.4, -0.2) is 48.1 Å². The second-order valence-corrected chi connectivity index (χ2v) is 10.8. The summed E-state index contributed by atoms with van der Waals surface area (Å²) >= 11 is 6.16. The zero-order chi connectivity index (χ0) is 19.8. The fourth-order valence-electron chi connectivity index (χ4n) is 5.76. The Morgan fingerprint density at radius 3 is 2.18 bits per heavy atom. The van der Waals surface area contributed by atoms with Gasteiger partial charge < -0.3 is 0 Å². The van der Waals surface area contributed by atoms with E-state index in [0.717, 1.165) is 11.6 Å². The number of benzene rings is 1. The molecule has 1 heterocycles. The van der Waals surface area contributed by atoms with Crippen LogP contribution >= 0.6 is 11.6 Å². The van der Waals surface area contributed by atoms with Gasteiger partial charge in [-0.15, -0.1) is 0 Å². The fourth-order valence-corrected chi connectivity index (χ4v) is 5.89. The summed E-state index contributed by atoms with van der Waals surface area (Å²) in [6.45, 7) is 13.0. The van der Waals surface area contributed by atoms with Gasteiger partial charge in [-0.2, -0.15) is 0 Å². The molecule has 0 atom stereocenters. The van der Waals surface area contributed by atoms with Crippen LogP contribution in [0.4, 0.5) is 0 Å². The first-order valence-electron chi connectivity index (χ1n) is 11.3. The summed E-state index contributed by atoms with van der Waals surface area (Å²) in [5.74, 6) is 0. The van der Waals surface area contributed by atoms with Gasteiger partial charge in [-0.1, -0.05) is 42.1 Å². The van der Waals surface area contributed by atoms with Gasteiger partial charge in [-0.25, -0.2) is 0 Å². The van der Waals surface area contributed by atoms with E-state index < -0.39 is 0 Å². The van der Waals surface area contributed by atoms with Gasteiger partial charge in [0.1, 0.15) is 0 Å². The molecule has 2 fully saturated rings. The summed E-state index contributed by atoms with van der Waals surface area (Å²) in [6, 6.07) is 8.59. The molecule has 1 saturated carbocycles. The molecule has 0 bridgehead atoms. The van der Waals surface area contributed by atoms with Crippen molar-refractivity contribution in [3.05, 3.63) is 40.4 Å². The van der Waals surface area contributed by atoms with Gasteiger partial charge in [0, 0.05) is 43.3 Å². The fraction of sp³-hybridized carbons (Fsp3) is 0.680. The summed E-state index contributed by atoms with van der Waals surface area (Å²) in [4.78, 5) is 5.35. The van der Waals surface area contributed by atoms with Crippen molar-refractivity contribution in [2.45, 2.75) is 71.3 Å². The zero-order valence-corrected chi connectivity index (χ0v) is 18.8. The van der Waals surface area contributed by atoms with Crippen molar-refractivity contribution in [1.29, 1.82) is 0 Å². The monoisotopic (exact) mass is 400 g/mol. The van der Waals surface area contributed by atoms with Gasteiger partial charge in [-0.05, 0) is 81.6 Å². The van der Waals surface area contributed by atoms with E-state index >= 15 is 0 Å². The molecule has 1 aromatic carbocycles. The van der Waals surface area contributed by atoms with Gasteiger partial charge >= 0.3 is 0 Å². The maximum Gasteiger partial charge on any atom is 0.0406 e. The maximum absolute atomic E-state index is 6.16. The molecule has 1 aliphatic heterocycles. The van der Waals surface area contributed by atoms with Crippen LogP contribution in [0.15, 0.2) is 29.8 Å². The van der Waals surface area contributed by atoms with Crippen LogP contribution in [0.3, 0.4) is 0 Å². The average Bonchev–Trinajstić information content (AvgIpc) is 3.10. The second-order valence-electron chi connectivity index (χ2n) is 10.4. The van der Waals surface area contributed by atoms with Crippen molar-refractivity contribution in [2.75, 3.05) is 32.7 Å². The molecule has 1 aromatic rings. The molecule has 0 radical (unpaired) electrons. The van der Waals surface area contributed by atoms with E-state index in [2.05, 4.69) is 54.8 Å². The lowest BCUT2D eigenvalue weighted by Crippen LogP contribution is -2.53. The first-order chi connectivity index (χ1) is 13.3. The van der Waals surface area contributed by atoms with Crippen LogP contribution in [0.25, 0.3) is 5.57 Å². The van der Waals surface area contributed by atoms with Crippen molar-refractivity contribution in [1.82, 2.24) is 9.80 Å². The Morgan fingerprint density at radius 1 is 0.929 bits per heavy atom. The van der Waals surface area contributed by atoms with Crippen LogP contribution in [0.2, 0.25) is 5.02 Å². The molecule has 3 heteroatoms. The normalized spacial score (nSPS) is 24.3. The minimum absolute atomic E-state index is 0.290. The Bertz CT molecular complexity index is 699. The minimum Gasteiger partial charge on any atom is -0.297 e. The van der Waals surface area contributed by atoms with Crippen molar-refractivity contribution in [3.8, 4) is 0 Å². The Balaban J connectivity index is 1.53. The SMILES string of the molecule is CC(C)(C)N1CCN(CC2=C(c3ccc(Cl)cc3)CCC3(CCCC3)C2)CC1. The van der Waals surface area contributed by atoms with Gasteiger partial charge in [0.05, 0.1) is 0 Å². The largest absolute Gasteiger partial charge is 0.297 e. The van der Waals surface area contributed by atoms with E-state index in [9.17, 15) is 0 Å². The Labute approximate surface area is 176 Å². The predicted octanol–water partition coefficient (Wildman–Crippen LogP) is 6.25. The van der Waals surface area contributed by atoms with Gasteiger partial charge in [0.25, 0.3) is 0 Å². The first-order valence-corrected chi connectivity index (χ1v) is 11.7. The van der Waals surface area contributed by atoms with Gasteiger partial charge in [0.2, 0.25) is 0 Å². The van der Waals surface area contributed by atoms with Gasteiger partial charge in [-0.3, -0.25) is 9.80 Å². The van der Waals surface area contributed by atoms with Crippen molar-refractivity contribution in [2.24, 2.45) is 5.41 Å². The smallest absolute Gasteiger partial charge is 0.0406 e. The van der Waals surface area contributed by atoms with Gasteiger partial charge in [0.15, 0.2) is 0 Å². The maximum atomic E-state index is 6.16. The number of allylic oxidation sites excluding steroid dienone is 1. The molecule has 4 rings (SSSR count). The molecule has 2 aliphatic carbocycles. The van der Waals surface area contributed by atoms with Crippen molar-refractivity contribution in [3.63, 3.8) is 0 Å². The molecule has 2 nitrogen and oxygen atoms in total. The first kappa shape index (κ1) is 20.4. The third-order valence-electron chi connectivity index (χ3n) is 7.51. The Morgan fingerprint density at radius 2 is 1.57 bits per heavy atom. The second kappa shape index (κ2) is 8.13. The summed E-state index contributed by atoms with van der Waals surface area (Å²) in [7, 11) is 0. The zero-order valence-electron chi connectivity index (χ0n) is 18.1. The van der Waals surface area contributed by atoms with Crippen molar-refractivity contribution < 1.29 is 0 Å². The number of hydrogen-bond acceptors (Lipinski definition) is 2. The van der Waals surface area contributed by atoms with E-state index in [1.165, 1.54) is 76.7 Å². The highest BCUT2D eigenvalue weighted by Gasteiger charge is 2.38. The molecule has 1 spiro atoms. The highest BCUT2D eigenvalue weighted by Crippen LogP contribution is 2.52. The molecule has 0 amide bonds. The summed E-state index contributed by atoms with van der Waals surface area (Å²) < 4.78 is 0. The molecule has 28 heavy (non-hydrogen) atoms. The van der Waals surface area contributed by atoms with Crippen LogP contribution in [0, 0.1) is 5.41 Å². The van der Waals surface area contributed by atoms with E-state index in [4.69, 9.17) is 11.6 Å². The van der Waals surface area contributed by atoms with Crippen molar-refractivity contribution >= 4 is 17.2 Å². The van der Waals surface area contributed by atoms with E-state index in [1.54, 1.807) is 11.1 Å². The number of hydrogen-bond donors (Lipinski definition) is 0. The third kappa shape index (κ3) is 4.50. The van der Waals surface area contributed by atoms with Crippen LogP contribution in [-0.2, 0) is 0 Å². The summed E-state index contributed by atoms with van der Waals surface area (Å²) in [5, 5.41) is 0.840. The summed E-state index contributed by atoms with van der Waals surface area (Å²) in [5.41, 5.74) is 5.64. The van der Waals surface area contributed by atoms with E-state index in [0.29, 0.717) is 11.0 Å². The number of piperazine rings is 1. The van der Waals surface area contributed by atoms with Crippen LogP contribution < -0.4 is 0 Å². The molecule has 0 unspecified atom stereocenters. The predicted molar refractivity (Wildman–Crippen MR) is 121 cm³/mol. The number of nitrogens with zero attached hydrogens (tertiary/aromatic N) is 2. The number of halogens is 1. The topological polar surface area (TPSA) is 6.48 Å². The van der Waals surface area contributed by atoms with E-state index in [1.807, 2.05) is 0 Å². The Kier molecular flexibility index (Phi) is 5.93. The molecule has 3 aliphatic rings.